The lowest BCUT2D eigenvalue weighted by molar-refractivity contribution is -0.147. The number of imide groups is 1. The SMILES string of the molecule is CCC(C(=O)O)N1C(=O)NC(C)(c2ccc(C)cc2C)C1=O. The van der Waals surface area contributed by atoms with Crippen molar-refractivity contribution in [3.05, 3.63) is 34.9 Å². The summed E-state index contributed by atoms with van der Waals surface area (Å²) in [6.45, 7) is 7.05. The normalized spacial score (nSPS) is 22.6. The van der Waals surface area contributed by atoms with Crippen LogP contribution in [-0.4, -0.2) is 34.0 Å². The van der Waals surface area contributed by atoms with Crippen molar-refractivity contribution >= 4 is 17.9 Å². The van der Waals surface area contributed by atoms with Gasteiger partial charge in [-0.1, -0.05) is 30.7 Å². The maximum absolute atomic E-state index is 12.8. The Morgan fingerprint density at radius 3 is 2.50 bits per heavy atom. The van der Waals surface area contributed by atoms with Crippen LogP contribution in [0.3, 0.4) is 0 Å². The van der Waals surface area contributed by atoms with Crippen LogP contribution in [0.2, 0.25) is 0 Å². The third-order valence-electron chi connectivity index (χ3n) is 4.13. The fourth-order valence-corrected chi connectivity index (χ4v) is 2.97. The molecular weight excluding hydrogens is 284 g/mol. The van der Waals surface area contributed by atoms with Gasteiger partial charge < -0.3 is 10.4 Å². The van der Waals surface area contributed by atoms with E-state index in [2.05, 4.69) is 5.32 Å². The first-order valence-electron chi connectivity index (χ1n) is 7.18. The highest BCUT2D eigenvalue weighted by Crippen LogP contribution is 2.32. The molecule has 6 nitrogen and oxygen atoms in total. The molecule has 1 aromatic carbocycles. The zero-order chi connectivity index (χ0) is 16.7. The van der Waals surface area contributed by atoms with Crippen LogP contribution in [0.4, 0.5) is 4.79 Å². The van der Waals surface area contributed by atoms with E-state index in [1.807, 2.05) is 26.0 Å². The molecule has 0 radical (unpaired) electrons. The molecule has 1 aliphatic rings. The van der Waals surface area contributed by atoms with Gasteiger partial charge in [-0.15, -0.1) is 0 Å². The molecule has 2 N–H and O–H groups in total. The number of rotatable bonds is 4. The van der Waals surface area contributed by atoms with E-state index in [-0.39, 0.29) is 6.42 Å². The van der Waals surface area contributed by atoms with Crippen LogP contribution in [0.5, 0.6) is 0 Å². The minimum absolute atomic E-state index is 0.164. The van der Waals surface area contributed by atoms with Gasteiger partial charge in [0.05, 0.1) is 0 Å². The topological polar surface area (TPSA) is 86.7 Å². The van der Waals surface area contributed by atoms with E-state index >= 15 is 0 Å². The van der Waals surface area contributed by atoms with Gasteiger partial charge in [-0.3, -0.25) is 4.79 Å². The zero-order valence-corrected chi connectivity index (χ0v) is 13.1. The molecular formula is C16H20N2O4. The van der Waals surface area contributed by atoms with Crippen LogP contribution in [0.15, 0.2) is 18.2 Å². The molecule has 2 atom stereocenters. The second kappa shape index (κ2) is 5.44. The van der Waals surface area contributed by atoms with Crippen molar-refractivity contribution in [3.8, 4) is 0 Å². The Morgan fingerprint density at radius 1 is 1.36 bits per heavy atom. The lowest BCUT2D eigenvalue weighted by Gasteiger charge is -2.26. The highest BCUT2D eigenvalue weighted by Gasteiger charge is 2.52. The minimum atomic E-state index is -1.24. The molecule has 2 unspecified atom stereocenters. The van der Waals surface area contributed by atoms with E-state index in [9.17, 15) is 19.5 Å². The monoisotopic (exact) mass is 304 g/mol. The summed E-state index contributed by atoms with van der Waals surface area (Å²) < 4.78 is 0. The van der Waals surface area contributed by atoms with Gasteiger partial charge in [0.2, 0.25) is 0 Å². The van der Waals surface area contributed by atoms with Crippen LogP contribution >= 0.6 is 0 Å². The summed E-state index contributed by atoms with van der Waals surface area (Å²) in [7, 11) is 0. The highest BCUT2D eigenvalue weighted by molar-refractivity contribution is 6.09. The third-order valence-corrected chi connectivity index (χ3v) is 4.13. The Labute approximate surface area is 129 Å². The number of amides is 3. The Bertz CT molecular complexity index is 656. The Balaban J connectivity index is 2.48. The van der Waals surface area contributed by atoms with E-state index in [1.165, 1.54) is 0 Å². The average Bonchev–Trinajstić information content (AvgIpc) is 2.63. The predicted molar refractivity (Wildman–Crippen MR) is 80.4 cm³/mol. The summed E-state index contributed by atoms with van der Waals surface area (Å²) in [5.41, 5.74) is 1.37. The predicted octanol–water partition coefficient (Wildman–Crippen LogP) is 1.93. The fourth-order valence-electron chi connectivity index (χ4n) is 2.97. The Kier molecular flexibility index (Phi) is 3.96. The third kappa shape index (κ3) is 2.34. The second-order valence-electron chi connectivity index (χ2n) is 5.81. The molecule has 0 saturated carbocycles. The molecule has 0 bridgehead atoms. The van der Waals surface area contributed by atoms with Gasteiger partial charge in [0.1, 0.15) is 11.6 Å². The summed E-state index contributed by atoms with van der Waals surface area (Å²) in [6, 6.07) is 3.77. The summed E-state index contributed by atoms with van der Waals surface area (Å²) in [5.74, 6) is -1.71. The number of aryl methyl sites for hydroxylation is 2. The standard InChI is InChI=1S/C16H20N2O4/c1-5-12(13(19)20)18-14(21)16(4,17-15(18)22)11-7-6-9(2)8-10(11)3/h6-8,12H,5H2,1-4H3,(H,17,22)(H,19,20). The largest absolute Gasteiger partial charge is 0.480 e. The zero-order valence-electron chi connectivity index (χ0n) is 13.1. The van der Waals surface area contributed by atoms with Gasteiger partial charge >= 0.3 is 12.0 Å². The number of carbonyl (C=O) groups excluding carboxylic acids is 2. The molecule has 1 aromatic rings. The van der Waals surface area contributed by atoms with Crippen molar-refractivity contribution in [2.24, 2.45) is 0 Å². The molecule has 1 saturated heterocycles. The molecule has 118 valence electrons. The van der Waals surface area contributed by atoms with Crippen LogP contribution in [0.1, 0.15) is 37.0 Å². The lowest BCUT2D eigenvalue weighted by Crippen LogP contribution is -2.46. The Hall–Kier alpha value is -2.37. The second-order valence-corrected chi connectivity index (χ2v) is 5.81. The van der Waals surface area contributed by atoms with E-state index in [0.29, 0.717) is 5.56 Å². The first-order chi connectivity index (χ1) is 10.2. The molecule has 1 aliphatic heterocycles. The highest BCUT2D eigenvalue weighted by atomic mass is 16.4. The van der Waals surface area contributed by atoms with Crippen LogP contribution in [-0.2, 0) is 15.1 Å². The summed E-state index contributed by atoms with van der Waals surface area (Å²) in [5, 5.41) is 11.9. The summed E-state index contributed by atoms with van der Waals surface area (Å²) in [4.78, 5) is 37.1. The molecule has 3 amide bonds. The van der Waals surface area contributed by atoms with Crippen molar-refractivity contribution in [2.45, 2.75) is 45.7 Å². The maximum Gasteiger partial charge on any atom is 0.326 e. The number of urea groups is 1. The van der Waals surface area contributed by atoms with Gasteiger partial charge in [-0.2, -0.15) is 0 Å². The lowest BCUT2D eigenvalue weighted by atomic mass is 9.87. The molecule has 0 aliphatic carbocycles. The van der Waals surface area contributed by atoms with Crippen molar-refractivity contribution in [2.75, 3.05) is 0 Å². The van der Waals surface area contributed by atoms with Crippen molar-refractivity contribution < 1.29 is 19.5 Å². The van der Waals surface area contributed by atoms with Crippen LogP contribution < -0.4 is 5.32 Å². The molecule has 0 spiro atoms. The van der Waals surface area contributed by atoms with Crippen LogP contribution in [0.25, 0.3) is 0 Å². The number of aliphatic carboxylic acids is 1. The molecule has 0 aromatic heterocycles. The summed E-state index contributed by atoms with van der Waals surface area (Å²) >= 11 is 0. The van der Waals surface area contributed by atoms with Gasteiger partial charge in [0.25, 0.3) is 5.91 Å². The van der Waals surface area contributed by atoms with Gasteiger partial charge in [0, 0.05) is 0 Å². The number of benzene rings is 1. The van der Waals surface area contributed by atoms with Gasteiger partial charge in [-0.25, -0.2) is 14.5 Å². The molecule has 6 heteroatoms. The number of carbonyl (C=O) groups is 3. The molecule has 22 heavy (non-hydrogen) atoms. The first-order valence-corrected chi connectivity index (χ1v) is 7.18. The maximum atomic E-state index is 12.8. The van der Waals surface area contributed by atoms with Gasteiger partial charge in [-0.05, 0) is 38.3 Å². The summed E-state index contributed by atoms with van der Waals surface area (Å²) in [6.07, 6.45) is 0.164. The van der Waals surface area contributed by atoms with E-state index in [1.54, 1.807) is 19.9 Å². The minimum Gasteiger partial charge on any atom is -0.480 e. The van der Waals surface area contributed by atoms with Crippen molar-refractivity contribution in [3.63, 3.8) is 0 Å². The first kappa shape index (κ1) is 16.0. The van der Waals surface area contributed by atoms with E-state index < -0.39 is 29.5 Å². The van der Waals surface area contributed by atoms with E-state index in [4.69, 9.17) is 0 Å². The van der Waals surface area contributed by atoms with E-state index in [0.717, 1.165) is 16.0 Å². The quantitative estimate of drug-likeness (QED) is 0.832. The fraction of sp³-hybridized carbons (Fsp3) is 0.438. The smallest absolute Gasteiger partial charge is 0.326 e. The molecule has 1 fully saturated rings. The number of hydrogen-bond acceptors (Lipinski definition) is 3. The molecule has 2 rings (SSSR count). The molecule has 1 heterocycles. The van der Waals surface area contributed by atoms with Crippen molar-refractivity contribution in [1.82, 2.24) is 10.2 Å². The van der Waals surface area contributed by atoms with Crippen LogP contribution in [0, 0.1) is 13.8 Å². The number of nitrogens with zero attached hydrogens (tertiary/aromatic N) is 1. The average molecular weight is 304 g/mol. The Morgan fingerprint density at radius 2 is 2.00 bits per heavy atom. The number of nitrogens with one attached hydrogen (secondary N) is 1. The van der Waals surface area contributed by atoms with Gasteiger partial charge in [0.15, 0.2) is 0 Å². The number of hydrogen-bond donors (Lipinski definition) is 2. The number of carboxylic acids is 1. The number of carboxylic acid groups (broad SMARTS) is 1. The van der Waals surface area contributed by atoms with Crippen molar-refractivity contribution in [1.29, 1.82) is 0 Å².